The first kappa shape index (κ1) is 18.7. The lowest BCUT2D eigenvalue weighted by molar-refractivity contribution is -0.134. The van der Waals surface area contributed by atoms with Crippen LogP contribution in [0.2, 0.25) is 0 Å². The summed E-state index contributed by atoms with van der Waals surface area (Å²) in [4.78, 5) is 11.5. The fraction of sp³-hybridized carbons (Fsp3) is 0.462. The summed E-state index contributed by atoms with van der Waals surface area (Å²) in [6, 6.07) is 6.49. The molecule has 0 saturated heterocycles. The minimum absolute atomic E-state index is 0. The summed E-state index contributed by atoms with van der Waals surface area (Å²) in [5.74, 6) is -0.165. The Labute approximate surface area is 122 Å². The molecule has 3 nitrogen and oxygen atoms in total. The van der Waals surface area contributed by atoms with E-state index in [1.807, 2.05) is 0 Å². The van der Waals surface area contributed by atoms with Gasteiger partial charge >= 0.3 is 6.18 Å². The largest absolute Gasteiger partial charge is 0.389 e. The van der Waals surface area contributed by atoms with Crippen molar-refractivity contribution in [1.29, 1.82) is 0 Å². The van der Waals surface area contributed by atoms with Crippen LogP contribution in [0.4, 0.5) is 18.9 Å². The molecule has 1 aromatic rings. The molecule has 1 rings (SSSR count). The van der Waals surface area contributed by atoms with Crippen LogP contribution in [0.15, 0.2) is 24.3 Å². The summed E-state index contributed by atoms with van der Waals surface area (Å²) in [5.41, 5.74) is 1.09. The number of hydrogen-bond donors (Lipinski definition) is 2. The van der Waals surface area contributed by atoms with Gasteiger partial charge < -0.3 is 10.6 Å². The summed E-state index contributed by atoms with van der Waals surface area (Å²) in [5, 5.41) is 5.50. The van der Waals surface area contributed by atoms with E-state index in [1.54, 1.807) is 31.3 Å². The molecule has 0 aliphatic carbocycles. The highest BCUT2D eigenvalue weighted by molar-refractivity contribution is 5.90. The number of nitrogens with one attached hydrogen (secondary N) is 2. The average Bonchev–Trinajstić information content (AvgIpc) is 2.33. The van der Waals surface area contributed by atoms with Crippen LogP contribution in [0.5, 0.6) is 0 Å². The Morgan fingerprint density at radius 1 is 1.30 bits per heavy atom. The fourth-order valence-corrected chi connectivity index (χ4v) is 1.55. The Morgan fingerprint density at radius 3 is 2.60 bits per heavy atom. The van der Waals surface area contributed by atoms with Crippen LogP contribution >= 0.6 is 12.4 Å². The first-order valence-electron chi connectivity index (χ1n) is 6.01. The molecule has 2 N–H and O–H groups in total. The number of rotatable bonds is 6. The van der Waals surface area contributed by atoms with Gasteiger partial charge in [-0.25, -0.2) is 0 Å². The van der Waals surface area contributed by atoms with E-state index in [9.17, 15) is 18.0 Å². The number of anilines is 1. The van der Waals surface area contributed by atoms with Gasteiger partial charge in [0.2, 0.25) is 5.91 Å². The Morgan fingerprint density at radius 2 is 2.00 bits per heavy atom. The lowest BCUT2D eigenvalue weighted by atomic mass is 10.1. The molecule has 0 aromatic heterocycles. The molecule has 0 fully saturated rings. The zero-order valence-electron chi connectivity index (χ0n) is 11.1. The summed E-state index contributed by atoms with van der Waals surface area (Å²) in [7, 11) is 1.74. The first-order chi connectivity index (χ1) is 8.90. The number of benzene rings is 1. The molecule has 20 heavy (non-hydrogen) atoms. The van der Waals surface area contributed by atoms with Crippen molar-refractivity contribution >= 4 is 24.0 Å². The standard InChI is InChI=1S/C13H17F3N2O.ClH/c1-17-8-6-12(19)18-11-4-2-3-10(9-11)5-7-13(14,15)16;/h2-4,9,17H,5-8H2,1H3,(H,18,19);1H. The van der Waals surface area contributed by atoms with Gasteiger partial charge in [-0.2, -0.15) is 13.2 Å². The maximum atomic E-state index is 12.1. The number of hydrogen-bond acceptors (Lipinski definition) is 2. The Bertz CT molecular complexity index is 424. The third-order valence-corrected chi connectivity index (χ3v) is 2.51. The van der Waals surface area contributed by atoms with E-state index in [4.69, 9.17) is 0 Å². The number of carbonyl (C=O) groups excluding carboxylic acids is 1. The van der Waals surface area contributed by atoms with E-state index < -0.39 is 12.6 Å². The van der Waals surface area contributed by atoms with E-state index in [0.29, 0.717) is 24.2 Å². The number of carbonyl (C=O) groups is 1. The molecule has 1 amide bonds. The molecule has 7 heteroatoms. The zero-order valence-corrected chi connectivity index (χ0v) is 11.9. The van der Waals surface area contributed by atoms with Crippen LogP contribution < -0.4 is 10.6 Å². The second-order valence-corrected chi connectivity index (χ2v) is 4.22. The zero-order chi connectivity index (χ0) is 14.3. The Hall–Kier alpha value is -1.27. The number of alkyl halides is 3. The van der Waals surface area contributed by atoms with Crippen molar-refractivity contribution in [2.45, 2.75) is 25.4 Å². The van der Waals surface area contributed by atoms with Crippen molar-refractivity contribution in [3.05, 3.63) is 29.8 Å². The molecule has 0 aliphatic rings. The summed E-state index contributed by atoms with van der Waals surface area (Å²) in [6.07, 6.45) is -4.77. The third kappa shape index (κ3) is 8.01. The van der Waals surface area contributed by atoms with Gasteiger partial charge in [0.1, 0.15) is 0 Å². The number of amides is 1. The molecule has 0 heterocycles. The van der Waals surface area contributed by atoms with Gasteiger partial charge in [0, 0.05) is 25.1 Å². The Balaban J connectivity index is 0.00000361. The predicted octanol–water partition coefficient (Wildman–Crippen LogP) is 3.15. The van der Waals surface area contributed by atoms with Crippen molar-refractivity contribution in [2.24, 2.45) is 0 Å². The quantitative estimate of drug-likeness (QED) is 0.847. The minimum atomic E-state index is -4.16. The maximum absolute atomic E-state index is 12.1. The molecule has 0 bridgehead atoms. The third-order valence-electron chi connectivity index (χ3n) is 2.51. The molecule has 0 spiro atoms. The summed E-state index contributed by atoms with van der Waals surface area (Å²) >= 11 is 0. The molecule has 0 aliphatic heterocycles. The van der Waals surface area contributed by atoms with E-state index in [2.05, 4.69) is 10.6 Å². The fourth-order valence-electron chi connectivity index (χ4n) is 1.55. The van der Waals surface area contributed by atoms with Crippen LogP contribution in [0.3, 0.4) is 0 Å². The summed E-state index contributed by atoms with van der Waals surface area (Å²) < 4.78 is 36.3. The maximum Gasteiger partial charge on any atom is 0.389 e. The van der Waals surface area contributed by atoms with Gasteiger partial charge in [-0.3, -0.25) is 4.79 Å². The second-order valence-electron chi connectivity index (χ2n) is 4.22. The van der Waals surface area contributed by atoms with Crippen molar-refractivity contribution < 1.29 is 18.0 Å². The number of halogens is 4. The first-order valence-corrected chi connectivity index (χ1v) is 6.01. The molecule has 1 aromatic carbocycles. The van der Waals surface area contributed by atoms with E-state index in [1.165, 1.54) is 0 Å². The van der Waals surface area contributed by atoms with Gasteiger partial charge in [-0.05, 0) is 31.2 Å². The van der Waals surface area contributed by atoms with Gasteiger partial charge in [-0.15, -0.1) is 12.4 Å². The van der Waals surface area contributed by atoms with Gasteiger partial charge in [-0.1, -0.05) is 12.1 Å². The molecule has 0 atom stereocenters. The van der Waals surface area contributed by atoms with Crippen molar-refractivity contribution in [2.75, 3.05) is 18.9 Å². The second kappa shape index (κ2) is 8.81. The molecule has 0 radical (unpaired) electrons. The molecule has 0 saturated carbocycles. The van der Waals surface area contributed by atoms with Crippen molar-refractivity contribution in [3.8, 4) is 0 Å². The molecular weight excluding hydrogens is 293 g/mol. The smallest absolute Gasteiger partial charge is 0.326 e. The number of aryl methyl sites for hydroxylation is 1. The normalized spacial score (nSPS) is 10.8. The predicted molar refractivity (Wildman–Crippen MR) is 75.2 cm³/mol. The highest BCUT2D eigenvalue weighted by atomic mass is 35.5. The van der Waals surface area contributed by atoms with Crippen LogP contribution in [0.25, 0.3) is 0 Å². The van der Waals surface area contributed by atoms with Crippen molar-refractivity contribution in [3.63, 3.8) is 0 Å². The van der Waals surface area contributed by atoms with E-state index in [0.717, 1.165) is 0 Å². The SMILES string of the molecule is CNCCC(=O)Nc1cccc(CCC(F)(F)F)c1.Cl. The summed E-state index contributed by atoms with van der Waals surface area (Å²) in [6.45, 7) is 0.555. The topological polar surface area (TPSA) is 41.1 Å². The highest BCUT2D eigenvalue weighted by Gasteiger charge is 2.26. The van der Waals surface area contributed by atoms with Crippen LogP contribution in [-0.2, 0) is 11.2 Å². The van der Waals surface area contributed by atoms with E-state index in [-0.39, 0.29) is 24.7 Å². The van der Waals surface area contributed by atoms with E-state index >= 15 is 0 Å². The van der Waals surface area contributed by atoms with Gasteiger partial charge in [0.05, 0.1) is 0 Å². The molecule has 114 valence electrons. The monoisotopic (exact) mass is 310 g/mol. The lowest BCUT2D eigenvalue weighted by Gasteiger charge is -2.09. The minimum Gasteiger partial charge on any atom is -0.326 e. The van der Waals surface area contributed by atoms with Gasteiger partial charge in [0.25, 0.3) is 0 Å². The highest BCUT2D eigenvalue weighted by Crippen LogP contribution is 2.23. The molecular formula is C13H18ClF3N2O. The van der Waals surface area contributed by atoms with Crippen molar-refractivity contribution in [1.82, 2.24) is 5.32 Å². The lowest BCUT2D eigenvalue weighted by Crippen LogP contribution is -2.18. The van der Waals surface area contributed by atoms with Crippen LogP contribution in [0.1, 0.15) is 18.4 Å². The Kier molecular flexibility index (Phi) is 8.25. The molecule has 0 unspecified atom stereocenters. The van der Waals surface area contributed by atoms with Crippen LogP contribution in [-0.4, -0.2) is 25.7 Å². The van der Waals surface area contributed by atoms with Gasteiger partial charge in [0.15, 0.2) is 0 Å². The average molecular weight is 311 g/mol. The van der Waals surface area contributed by atoms with Crippen LogP contribution in [0, 0.1) is 0 Å².